The van der Waals surface area contributed by atoms with Gasteiger partial charge in [-0.15, -0.1) is 0 Å². The molecule has 0 heterocycles. The Morgan fingerprint density at radius 1 is 1.25 bits per heavy atom. The third kappa shape index (κ3) is 5.17. The molecule has 0 atom stereocenters. The van der Waals surface area contributed by atoms with Crippen molar-refractivity contribution in [2.45, 2.75) is 26.8 Å². The summed E-state index contributed by atoms with van der Waals surface area (Å²) in [5, 5.41) is 0. The first-order valence-corrected chi connectivity index (χ1v) is 5.94. The Labute approximate surface area is 99.2 Å². The second kappa shape index (κ2) is 6.54. The molecule has 0 aliphatic rings. The Morgan fingerprint density at radius 2 is 2.00 bits per heavy atom. The molecule has 0 aliphatic heterocycles. The Kier molecular flexibility index (Phi) is 5.33. The highest BCUT2D eigenvalue weighted by Crippen LogP contribution is 2.15. The quantitative estimate of drug-likeness (QED) is 0.731. The van der Waals surface area contributed by atoms with Gasteiger partial charge in [0.05, 0.1) is 6.61 Å². The van der Waals surface area contributed by atoms with E-state index in [0.29, 0.717) is 5.92 Å². The maximum Gasteiger partial charge on any atom is 0.119 e. The van der Waals surface area contributed by atoms with Crippen LogP contribution in [0.2, 0.25) is 0 Å². The number of benzene rings is 1. The van der Waals surface area contributed by atoms with Crippen molar-refractivity contribution in [2.24, 2.45) is 5.92 Å². The lowest BCUT2D eigenvalue weighted by molar-refractivity contribution is 0.289. The van der Waals surface area contributed by atoms with Gasteiger partial charge in [-0.25, -0.2) is 0 Å². The maximum atomic E-state index is 5.72. The number of ether oxygens (including phenoxy) is 1. The molecule has 0 bridgehead atoms. The fourth-order valence-electron chi connectivity index (χ4n) is 1.51. The first-order valence-electron chi connectivity index (χ1n) is 5.94. The van der Waals surface area contributed by atoms with E-state index in [0.717, 1.165) is 25.3 Å². The first-order chi connectivity index (χ1) is 7.58. The van der Waals surface area contributed by atoms with E-state index in [9.17, 15) is 0 Å². The van der Waals surface area contributed by atoms with Crippen molar-refractivity contribution in [3.05, 3.63) is 29.8 Å². The molecule has 1 rings (SSSR count). The van der Waals surface area contributed by atoms with Crippen LogP contribution < -0.4 is 4.74 Å². The molecule has 2 nitrogen and oxygen atoms in total. The van der Waals surface area contributed by atoms with Crippen molar-refractivity contribution in [1.82, 2.24) is 4.90 Å². The van der Waals surface area contributed by atoms with Crippen LogP contribution in [-0.2, 0) is 6.54 Å². The lowest BCUT2D eigenvalue weighted by Gasteiger charge is -2.12. The largest absolute Gasteiger partial charge is 0.494 e. The minimum atomic E-state index is 0.699. The second-order valence-corrected chi connectivity index (χ2v) is 4.92. The van der Waals surface area contributed by atoms with Crippen molar-refractivity contribution in [3.63, 3.8) is 0 Å². The molecule has 0 saturated heterocycles. The smallest absolute Gasteiger partial charge is 0.119 e. The third-order valence-electron chi connectivity index (χ3n) is 2.36. The summed E-state index contributed by atoms with van der Waals surface area (Å²) in [5.74, 6) is 1.69. The Morgan fingerprint density at radius 3 is 2.62 bits per heavy atom. The molecular formula is C14H23NO. The van der Waals surface area contributed by atoms with Crippen LogP contribution in [0.3, 0.4) is 0 Å². The summed E-state index contributed by atoms with van der Waals surface area (Å²) in [5.41, 5.74) is 1.30. The van der Waals surface area contributed by atoms with E-state index >= 15 is 0 Å². The van der Waals surface area contributed by atoms with Gasteiger partial charge in [-0.1, -0.05) is 26.0 Å². The van der Waals surface area contributed by atoms with Crippen LogP contribution >= 0.6 is 0 Å². The van der Waals surface area contributed by atoms with E-state index < -0.39 is 0 Å². The molecular weight excluding hydrogens is 198 g/mol. The molecule has 0 N–H and O–H groups in total. The first kappa shape index (κ1) is 13.0. The third-order valence-corrected chi connectivity index (χ3v) is 2.36. The second-order valence-electron chi connectivity index (χ2n) is 4.92. The monoisotopic (exact) mass is 221 g/mol. The van der Waals surface area contributed by atoms with Gasteiger partial charge in [0.15, 0.2) is 0 Å². The zero-order valence-electron chi connectivity index (χ0n) is 10.9. The van der Waals surface area contributed by atoms with Gasteiger partial charge >= 0.3 is 0 Å². The molecule has 0 unspecified atom stereocenters. The summed E-state index contributed by atoms with van der Waals surface area (Å²) in [6.45, 7) is 6.20. The molecule has 0 saturated carbocycles. The van der Waals surface area contributed by atoms with Crippen LogP contribution in [0.1, 0.15) is 25.8 Å². The van der Waals surface area contributed by atoms with Crippen molar-refractivity contribution in [3.8, 4) is 5.75 Å². The van der Waals surface area contributed by atoms with Gasteiger partial charge < -0.3 is 9.64 Å². The summed E-state index contributed by atoms with van der Waals surface area (Å²) in [4.78, 5) is 2.16. The van der Waals surface area contributed by atoms with Gasteiger partial charge in [0, 0.05) is 6.54 Å². The lowest BCUT2D eigenvalue weighted by Crippen LogP contribution is -2.10. The molecule has 16 heavy (non-hydrogen) atoms. The molecule has 1 aromatic carbocycles. The predicted octanol–water partition coefficient (Wildman–Crippen LogP) is 3.17. The van der Waals surface area contributed by atoms with Crippen LogP contribution in [0.4, 0.5) is 0 Å². The van der Waals surface area contributed by atoms with E-state index in [1.165, 1.54) is 5.56 Å². The Bertz CT molecular complexity index is 307. The summed E-state index contributed by atoms with van der Waals surface area (Å²) >= 11 is 0. The summed E-state index contributed by atoms with van der Waals surface area (Å²) in [6, 6.07) is 8.35. The molecule has 90 valence electrons. The molecule has 1 aromatic rings. The van der Waals surface area contributed by atoms with Gasteiger partial charge in [-0.05, 0) is 44.1 Å². The number of nitrogens with zero attached hydrogens (tertiary/aromatic N) is 1. The van der Waals surface area contributed by atoms with E-state index in [1.807, 2.05) is 6.07 Å². The zero-order valence-corrected chi connectivity index (χ0v) is 10.9. The van der Waals surface area contributed by atoms with Gasteiger partial charge in [0.25, 0.3) is 0 Å². The molecule has 0 spiro atoms. The summed E-state index contributed by atoms with van der Waals surface area (Å²) in [6.07, 6.45) is 1.11. The summed E-state index contributed by atoms with van der Waals surface area (Å²) in [7, 11) is 4.15. The predicted molar refractivity (Wildman–Crippen MR) is 68.8 cm³/mol. The van der Waals surface area contributed by atoms with Crippen molar-refractivity contribution in [1.29, 1.82) is 0 Å². The van der Waals surface area contributed by atoms with Crippen molar-refractivity contribution in [2.75, 3.05) is 20.7 Å². The number of rotatable bonds is 6. The molecule has 0 fully saturated rings. The molecule has 0 aromatic heterocycles. The SMILES string of the molecule is CC(C)CCOc1cccc(CN(C)C)c1. The van der Waals surface area contributed by atoms with E-state index in [1.54, 1.807) is 0 Å². The topological polar surface area (TPSA) is 12.5 Å². The number of hydrogen-bond acceptors (Lipinski definition) is 2. The van der Waals surface area contributed by atoms with Crippen LogP contribution in [-0.4, -0.2) is 25.6 Å². The van der Waals surface area contributed by atoms with Crippen LogP contribution in [0.25, 0.3) is 0 Å². The fourth-order valence-corrected chi connectivity index (χ4v) is 1.51. The van der Waals surface area contributed by atoms with Crippen molar-refractivity contribution >= 4 is 0 Å². The number of hydrogen-bond donors (Lipinski definition) is 0. The van der Waals surface area contributed by atoms with Crippen LogP contribution in [0.5, 0.6) is 5.75 Å². The molecule has 0 amide bonds. The fraction of sp³-hybridized carbons (Fsp3) is 0.571. The average molecular weight is 221 g/mol. The summed E-state index contributed by atoms with van der Waals surface area (Å²) < 4.78 is 5.72. The maximum absolute atomic E-state index is 5.72. The van der Waals surface area contributed by atoms with Crippen LogP contribution in [0.15, 0.2) is 24.3 Å². The van der Waals surface area contributed by atoms with E-state index in [2.05, 4.69) is 51.0 Å². The Hall–Kier alpha value is -1.02. The highest BCUT2D eigenvalue weighted by Gasteiger charge is 1.99. The molecule has 0 radical (unpaired) electrons. The minimum absolute atomic E-state index is 0.699. The lowest BCUT2D eigenvalue weighted by atomic mass is 10.1. The van der Waals surface area contributed by atoms with E-state index in [-0.39, 0.29) is 0 Å². The van der Waals surface area contributed by atoms with Gasteiger partial charge in [0.2, 0.25) is 0 Å². The van der Waals surface area contributed by atoms with Gasteiger partial charge in [-0.2, -0.15) is 0 Å². The highest BCUT2D eigenvalue weighted by molar-refractivity contribution is 5.28. The Balaban J connectivity index is 2.47. The minimum Gasteiger partial charge on any atom is -0.494 e. The highest BCUT2D eigenvalue weighted by atomic mass is 16.5. The van der Waals surface area contributed by atoms with Crippen molar-refractivity contribution < 1.29 is 4.74 Å². The molecule has 0 aliphatic carbocycles. The zero-order chi connectivity index (χ0) is 12.0. The normalized spacial score (nSPS) is 11.1. The molecule has 2 heteroatoms. The van der Waals surface area contributed by atoms with Gasteiger partial charge in [-0.3, -0.25) is 0 Å². The van der Waals surface area contributed by atoms with Crippen LogP contribution in [0, 0.1) is 5.92 Å². The standard InChI is InChI=1S/C14H23NO/c1-12(2)8-9-16-14-7-5-6-13(10-14)11-15(3)4/h5-7,10,12H,8-9,11H2,1-4H3. The van der Waals surface area contributed by atoms with E-state index in [4.69, 9.17) is 4.74 Å². The van der Waals surface area contributed by atoms with Gasteiger partial charge in [0.1, 0.15) is 5.75 Å². The average Bonchev–Trinajstić information content (AvgIpc) is 2.16.